The van der Waals surface area contributed by atoms with Gasteiger partial charge >= 0.3 is 12.0 Å². The molecule has 0 radical (unpaired) electrons. The number of methoxy groups -OCH3 is 1. The summed E-state index contributed by atoms with van der Waals surface area (Å²) < 4.78 is 10.5. The second-order valence-corrected chi connectivity index (χ2v) is 6.00. The van der Waals surface area contributed by atoms with Gasteiger partial charge in [0.25, 0.3) is 0 Å². The first-order chi connectivity index (χ1) is 12.6. The van der Waals surface area contributed by atoms with Crippen LogP contribution in [0.4, 0.5) is 4.79 Å². The van der Waals surface area contributed by atoms with Crippen LogP contribution in [0.25, 0.3) is 0 Å². The minimum Gasteiger partial charge on any atom is -0.496 e. The van der Waals surface area contributed by atoms with Crippen LogP contribution in [0.3, 0.4) is 0 Å². The van der Waals surface area contributed by atoms with Gasteiger partial charge in [-0.3, -0.25) is 9.69 Å². The summed E-state index contributed by atoms with van der Waals surface area (Å²) in [6.07, 6.45) is 0.795. The summed E-state index contributed by atoms with van der Waals surface area (Å²) in [5.41, 5.74) is 1.41. The molecule has 2 N–H and O–H groups in total. The van der Waals surface area contributed by atoms with Crippen molar-refractivity contribution in [2.75, 3.05) is 26.8 Å². The number of ether oxygens (including phenoxy) is 2. The number of carbonyl (C=O) groups is 3. The largest absolute Gasteiger partial charge is 0.496 e. The van der Waals surface area contributed by atoms with Crippen LogP contribution >= 0.6 is 0 Å². The Morgan fingerprint density at radius 1 is 1.38 bits per heavy atom. The molecule has 0 saturated heterocycles. The first-order valence-corrected chi connectivity index (χ1v) is 8.44. The molecule has 3 amide bonds. The summed E-state index contributed by atoms with van der Waals surface area (Å²) in [5, 5.41) is 5.51. The first-order valence-electron chi connectivity index (χ1n) is 8.44. The highest BCUT2D eigenvalue weighted by Gasteiger charge is 2.43. The molecule has 0 unspecified atom stereocenters. The zero-order valence-corrected chi connectivity index (χ0v) is 14.7. The predicted octanol–water partition coefficient (Wildman–Crippen LogP) is 1.10. The molecule has 2 aliphatic rings. The summed E-state index contributed by atoms with van der Waals surface area (Å²) in [7, 11) is 1.52. The Morgan fingerprint density at radius 3 is 2.88 bits per heavy atom. The molecule has 1 atom stereocenters. The Bertz CT molecular complexity index is 774. The SMILES string of the molecule is CCCNC(=O)CN1C(=O)N[C@H](c2ccccc2OC)C2=C1COC2=O. The van der Waals surface area contributed by atoms with E-state index in [1.807, 2.05) is 6.92 Å². The summed E-state index contributed by atoms with van der Waals surface area (Å²) >= 11 is 0. The van der Waals surface area contributed by atoms with Crippen LogP contribution in [0.5, 0.6) is 5.75 Å². The van der Waals surface area contributed by atoms with Crippen molar-refractivity contribution in [1.82, 2.24) is 15.5 Å². The number of para-hydroxylation sites is 1. The summed E-state index contributed by atoms with van der Waals surface area (Å²) in [4.78, 5) is 38.2. The number of hydrogen-bond donors (Lipinski definition) is 2. The highest BCUT2D eigenvalue weighted by molar-refractivity contribution is 5.98. The van der Waals surface area contributed by atoms with Crippen molar-refractivity contribution in [3.63, 3.8) is 0 Å². The van der Waals surface area contributed by atoms with E-state index in [1.54, 1.807) is 24.3 Å². The van der Waals surface area contributed by atoms with Gasteiger partial charge in [0.1, 0.15) is 18.9 Å². The molecule has 0 aliphatic carbocycles. The molecule has 0 aromatic heterocycles. The third-order valence-electron chi connectivity index (χ3n) is 4.32. The van der Waals surface area contributed by atoms with Crippen LogP contribution in [0, 0.1) is 0 Å². The topological polar surface area (TPSA) is 97.0 Å². The van der Waals surface area contributed by atoms with Crippen molar-refractivity contribution in [2.24, 2.45) is 0 Å². The predicted molar refractivity (Wildman–Crippen MR) is 92.3 cm³/mol. The molecule has 2 aliphatic heterocycles. The van der Waals surface area contributed by atoms with Gasteiger partial charge in [-0.2, -0.15) is 0 Å². The molecule has 2 heterocycles. The number of nitrogens with one attached hydrogen (secondary N) is 2. The van der Waals surface area contributed by atoms with Crippen molar-refractivity contribution >= 4 is 17.9 Å². The molecule has 1 aromatic rings. The number of urea groups is 1. The van der Waals surface area contributed by atoms with E-state index in [0.717, 1.165) is 6.42 Å². The lowest BCUT2D eigenvalue weighted by atomic mass is 9.95. The molecule has 0 bridgehead atoms. The standard InChI is InChI=1S/C18H21N3O5/c1-3-8-19-14(22)9-21-12-10-26-17(23)15(12)16(20-18(21)24)11-6-4-5-7-13(11)25-2/h4-7,16H,3,8-10H2,1-2H3,(H,19,22)(H,20,24)/t16-/m1/s1. The fraction of sp³-hybridized carbons (Fsp3) is 0.389. The van der Waals surface area contributed by atoms with E-state index in [2.05, 4.69) is 10.6 Å². The number of carbonyl (C=O) groups excluding carboxylic acids is 3. The van der Waals surface area contributed by atoms with E-state index in [0.29, 0.717) is 29.1 Å². The maximum absolute atomic E-state index is 12.6. The van der Waals surface area contributed by atoms with Crippen LogP contribution in [-0.2, 0) is 14.3 Å². The average molecular weight is 359 g/mol. The van der Waals surface area contributed by atoms with E-state index < -0.39 is 18.0 Å². The molecular weight excluding hydrogens is 338 g/mol. The molecule has 8 nitrogen and oxygen atoms in total. The Morgan fingerprint density at radius 2 is 2.15 bits per heavy atom. The normalized spacial score (nSPS) is 19.0. The minimum atomic E-state index is -0.682. The van der Waals surface area contributed by atoms with Crippen LogP contribution in [0.15, 0.2) is 35.5 Å². The average Bonchev–Trinajstić information content (AvgIpc) is 3.03. The molecule has 0 saturated carbocycles. The lowest BCUT2D eigenvalue weighted by molar-refractivity contribution is -0.136. The first kappa shape index (κ1) is 17.8. The van der Waals surface area contributed by atoms with Crippen molar-refractivity contribution in [3.8, 4) is 5.75 Å². The van der Waals surface area contributed by atoms with Gasteiger partial charge in [0.05, 0.1) is 24.4 Å². The molecule has 3 rings (SSSR count). The number of cyclic esters (lactones) is 1. The van der Waals surface area contributed by atoms with Crippen LogP contribution < -0.4 is 15.4 Å². The van der Waals surface area contributed by atoms with Crippen LogP contribution in [-0.4, -0.2) is 49.6 Å². The van der Waals surface area contributed by atoms with E-state index in [4.69, 9.17) is 9.47 Å². The van der Waals surface area contributed by atoms with Gasteiger partial charge in [0.15, 0.2) is 0 Å². The molecule has 1 aromatic carbocycles. The summed E-state index contributed by atoms with van der Waals surface area (Å²) in [6, 6.07) is 6.01. The minimum absolute atomic E-state index is 0.0334. The van der Waals surface area contributed by atoms with E-state index in [9.17, 15) is 14.4 Å². The van der Waals surface area contributed by atoms with Crippen molar-refractivity contribution in [1.29, 1.82) is 0 Å². The third kappa shape index (κ3) is 3.22. The molecule has 0 fully saturated rings. The van der Waals surface area contributed by atoms with Crippen molar-refractivity contribution < 1.29 is 23.9 Å². The smallest absolute Gasteiger partial charge is 0.338 e. The van der Waals surface area contributed by atoms with Crippen LogP contribution in [0.1, 0.15) is 24.9 Å². The number of benzene rings is 1. The highest BCUT2D eigenvalue weighted by Crippen LogP contribution is 2.38. The molecular formula is C18H21N3O5. The van der Waals surface area contributed by atoms with Gasteiger partial charge in [0, 0.05) is 12.1 Å². The highest BCUT2D eigenvalue weighted by atomic mass is 16.5. The third-order valence-corrected chi connectivity index (χ3v) is 4.32. The van der Waals surface area contributed by atoms with Gasteiger partial charge in [-0.1, -0.05) is 25.1 Å². The van der Waals surface area contributed by atoms with E-state index in [1.165, 1.54) is 12.0 Å². The van der Waals surface area contributed by atoms with Crippen LogP contribution in [0.2, 0.25) is 0 Å². The molecule has 8 heteroatoms. The zero-order valence-electron chi connectivity index (χ0n) is 14.7. The Balaban J connectivity index is 1.95. The van der Waals surface area contributed by atoms with Crippen molar-refractivity contribution in [2.45, 2.75) is 19.4 Å². The Kier molecular flexibility index (Phi) is 5.11. The number of esters is 1. The second kappa shape index (κ2) is 7.47. The molecule has 138 valence electrons. The van der Waals surface area contributed by atoms with Gasteiger partial charge in [0.2, 0.25) is 5.91 Å². The fourth-order valence-electron chi connectivity index (χ4n) is 3.08. The maximum atomic E-state index is 12.6. The van der Waals surface area contributed by atoms with Gasteiger partial charge < -0.3 is 20.1 Å². The molecule has 0 spiro atoms. The fourth-order valence-corrected chi connectivity index (χ4v) is 3.08. The molecule has 26 heavy (non-hydrogen) atoms. The van der Waals surface area contributed by atoms with E-state index in [-0.39, 0.29) is 19.1 Å². The zero-order chi connectivity index (χ0) is 18.7. The lowest BCUT2D eigenvalue weighted by Gasteiger charge is -2.32. The lowest BCUT2D eigenvalue weighted by Crippen LogP contribution is -2.50. The summed E-state index contributed by atoms with van der Waals surface area (Å²) in [6.45, 7) is 2.27. The maximum Gasteiger partial charge on any atom is 0.338 e. The van der Waals surface area contributed by atoms with Gasteiger partial charge in [-0.05, 0) is 12.5 Å². The monoisotopic (exact) mass is 359 g/mol. The van der Waals surface area contributed by atoms with E-state index >= 15 is 0 Å². The quantitative estimate of drug-likeness (QED) is 0.742. The number of nitrogens with zero attached hydrogens (tertiary/aromatic N) is 1. The van der Waals surface area contributed by atoms with Gasteiger partial charge in [-0.25, -0.2) is 9.59 Å². The van der Waals surface area contributed by atoms with Gasteiger partial charge in [-0.15, -0.1) is 0 Å². The summed E-state index contributed by atoms with van der Waals surface area (Å²) in [5.74, 6) is -0.239. The second-order valence-electron chi connectivity index (χ2n) is 6.00. The number of amides is 3. The Hall–Kier alpha value is -3.03. The number of rotatable bonds is 6. The Labute approximate surface area is 151 Å². The van der Waals surface area contributed by atoms with Crippen molar-refractivity contribution in [3.05, 3.63) is 41.1 Å². The number of hydrogen-bond acceptors (Lipinski definition) is 5.